The van der Waals surface area contributed by atoms with E-state index >= 15 is 0 Å². The number of hydrazone groups is 1. The monoisotopic (exact) mass is 403 g/mol. The van der Waals surface area contributed by atoms with Gasteiger partial charge in [0.05, 0.1) is 11.8 Å². The van der Waals surface area contributed by atoms with Crippen LogP contribution in [-0.2, 0) is 12.8 Å². The Morgan fingerprint density at radius 3 is 2.83 bits per heavy atom. The standard InChI is InChI=1S/C22H21N5OS/c1-14-11-17(13-25-26-21(28)16-7-9-24-10-8-16)15(2)27(14)22-19(12-23)18-5-3-4-6-20(18)29-22/h7-11,13H,3-6H2,1-2H3,(H,26,28)/b25-13+. The van der Waals surface area contributed by atoms with Crippen molar-refractivity contribution >= 4 is 23.5 Å². The highest BCUT2D eigenvalue weighted by molar-refractivity contribution is 7.15. The Bertz CT molecular complexity index is 1130. The van der Waals surface area contributed by atoms with Crippen LogP contribution in [0, 0.1) is 25.2 Å². The molecule has 1 aliphatic carbocycles. The van der Waals surface area contributed by atoms with Crippen LogP contribution in [0.5, 0.6) is 0 Å². The van der Waals surface area contributed by atoms with Crippen LogP contribution in [-0.4, -0.2) is 21.7 Å². The van der Waals surface area contributed by atoms with Gasteiger partial charge < -0.3 is 4.57 Å². The first-order valence-corrected chi connectivity index (χ1v) is 10.4. The normalized spacial score (nSPS) is 13.3. The summed E-state index contributed by atoms with van der Waals surface area (Å²) >= 11 is 1.73. The topological polar surface area (TPSA) is 83.1 Å². The maximum atomic E-state index is 12.1. The molecule has 0 spiro atoms. The van der Waals surface area contributed by atoms with Crippen molar-refractivity contribution in [2.24, 2.45) is 5.10 Å². The molecule has 0 saturated carbocycles. The second kappa shape index (κ2) is 8.02. The fourth-order valence-electron chi connectivity index (χ4n) is 3.78. The van der Waals surface area contributed by atoms with Gasteiger partial charge in [-0.3, -0.25) is 9.78 Å². The molecule has 0 aromatic carbocycles. The van der Waals surface area contributed by atoms with Gasteiger partial charge in [-0.15, -0.1) is 11.3 Å². The molecular weight excluding hydrogens is 382 g/mol. The number of rotatable bonds is 4. The Morgan fingerprint density at radius 1 is 1.31 bits per heavy atom. The third-order valence-corrected chi connectivity index (χ3v) is 6.53. The lowest BCUT2D eigenvalue weighted by molar-refractivity contribution is 0.0955. The van der Waals surface area contributed by atoms with Crippen molar-refractivity contribution < 1.29 is 4.79 Å². The van der Waals surface area contributed by atoms with Gasteiger partial charge in [-0.1, -0.05) is 0 Å². The van der Waals surface area contributed by atoms with E-state index in [1.54, 1.807) is 42.1 Å². The van der Waals surface area contributed by atoms with Crippen LogP contribution in [0.2, 0.25) is 0 Å². The highest BCUT2D eigenvalue weighted by atomic mass is 32.1. The van der Waals surface area contributed by atoms with Gasteiger partial charge in [0.25, 0.3) is 5.91 Å². The van der Waals surface area contributed by atoms with Crippen molar-refractivity contribution in [3.8, 4) is 11.1 Å². The van der Waals surface area contributed by atoms with Crippen LogP contribution < -0.4 is 5.43 Å². The van der Waals surface area contributed by atoms with E-state index < -0.39 is 0 Å². The third kappa shape index (κ3) is 3.59. The number of nitriles is 1. The fourth-order valence-corrected chi connectivity index (χ4v) is 5.23. The Kier molecular flexibility index (Phi) is 5.28. The number of fused-ring (bicyclic) bond motifs is 1. The molecule has 0 aliphatic heterocycles. The van der Waals surface area contributed by atoms with Gasteiger partial charge in [0.15, 0.2) is 0 Å². The quantitative estimate of drug-likeness (QED) is 0.527. The second-order valence-electron chi connectivity index (χ2n) is 7.10. The molecule has 6 nitrogen and oxygen atoms in total. The summed E-state index contributed by atoms with van der Waals surface area (Å²) in [6.07, 6.45) is 9.18. The van der Waals surface area contributed by atoms with Crippen molar-refractivity contribution in [1.29, 1.82) is 5.26 Å². The molecule has 3 aromatic heterocycles. The molecule has 0 saturated heterocycles. The zero-order valence-corrected chi connectivity index (χ0v) is 17.2. The summed E-state index contributed by atoms with van der Waals surface area (Å²) < 4.78 is 2.13. The Hall–Kier alpha value is -3.24. The molecule has 1 aliphatic rings. The predicted molar refractivity (Wildman–Crippen MR) is 114 cm³/mol. The average Bonchev–Trinajstić information content (AvgIpc) is 3.24. The number of pyridine rings is 1. The number of carbonyl (C=O) groups excluding carboxylic acids is 1. The Labute approximate surface area is 173 Å². The minimum absolute atomic E-state index is 0.282. The molecule has 0 radical (unpaired) electrons. The van der Waals surface area contributed by atoms with Gasteiger partial charge >= 0.3 is 0 Å². The lowest BCUT2D eigenvalue weighted by atomic mass is 9.96. The minimum Gasteiger partial charge on any atom is -0.308 e. The molecule has 1 N–H and O–H groups in total. The van der Waals surface area contributed by atoms with Crippen LogP contribution in [0.1, 0.15) is 56.2 Å². The molecule has 1 amide bonds. The number of amides is 1. The molecule has 0 atom stereocenters. The molecule has 29 heavy (non-hydrogen) atoms. The number of carbonyl (C=O) groups is 1. The van der Waals surface area contributed by atoms with Gasteiger partial charge in [-0.05, 0) is 63.3 Å². The van der Waals surface area contributed by atoms with Crippen molar-refractivity contribution in [2.75, 3.05) is 0 Å². The van der Waals surface area contributed by atoms with Gasteiger partial charge in [0.1, 0.15) is 11.1 Å². The molecule has 4 rings (SSSR count). The van der Waals surface area contributed by atoms with E-state index in [1.165, 1.54) is 16.9 Å². The third-order valence-electron chi connectivity index (χ3n) is 5.25. The van der Waals surface area contributed by atoms with Gasteiger partial charge in [-0.2, -0.15) is 10.4 Å². The molecule has 0 fully saturated rings. The lowest BCUT2D eigenvalue weighted by Gasteiger charge is -2.10. The van der Waals surface area contributed by atoms with E-state index in [9.17, 15) is 10.1 Å². The predicted octanol–water partition coefficient (Wildman–Crippen LogP) is 4.07. The smallest absolute Gasteiger partial charge is 0.271 e. The van der Waals surface area contributed by atoms with Gasteiger partial charge in [-0.25, -0.2) is 5.43 Å². The zero-order chi connectivity index (χ0) is 20.4. The van der Waals surface area contributed by atoms with Gasteiger partial charge in [0, 0.05) is 39.8 Å². The van der Waals surface area contributed by atoms with E-state index in [0.29, 0.717) is 5.56 Å². The number of thiophene rings is 1. The van der Waals surface area contributed by atoms with E-state index in [2.05, 4.69) is 26.1 Å². The second-order valence-corrected chi connectivity index (χ2v) is 8.18. The van der Waals surface area contributed by atoms with E-state index in [0.717, 1.165) is 46.8 Å². The van der Waals surface area contributed by atoms with Crippen LogP contribution in [0.4, 0.5) is 0 Å². The summed E-state index contributed by atoms with van der Waals surface area (Å²) in [6, 6.07) is 7.74. The van der Waals surface area contributed by atoms with Crippen molar-refractivity contribution in [1.82, 2.24) is 15.0 Å². The van der Waals surface area contributed by atoms with Crippen molar-refractivity contribution in [3.63, 3.8) is 0 Å². The number of nitrogens with one attached hydrogen (secondary N) is 1. The largest absolute Gasteiger partial charge is 0.308 e. The van der Waals surface area contributed by atoms with E-state index in [4.69, 9.17) is 0 Å². The van der Waals surface area contributed by atoms with E-state index in [-0.39, 0.29) is 5.91 Å². The molecule has 0 unspecified atom stereocenters. The van der Waals surface area contributed by atoms with E-state index in [1.807, 2.05) is 19.9 Å². The highest BCUT2D eigenvalue weighted by Crippen LogP contribution is 2.38. The SMILES string of the molecule is Cc1cc(/C=N/NC(=O)c2ccncc2)c(C)n1-c1sc2c(c1C#N)CCCC2. The number of aryl methyl sites for hydroxylation is 2. The molecule has 3 heterocycles. The summed E-state index contributed by atoms with van der Waals surface area (Å²) in [5, 5.41) is 14.9. The van der Waals surface area contributed by atoms with Crippen LogP contribution in [0.15, 0.2) is 35.7 Å². The molecular formula is C22H21N5OS. The maximum Gasteiger partial charge on any atom is 0.271 e. The first kappa shape index (κ1) is 19.1. The summed E-state index contributed by atoms with van der Waals surface area (Å²) in [5.41, 5.74) is 8.04. The molecule has 7 heteroatoms. The van der Waals surface area contributed by atoms with Crippen LogP contribution in [0.3, 0.4) is 0 Å². The Balaban J connectivity index is 1.62. The minimum atomic E-state index is -0.282. The summed E-state index contributed by atoms with van der Waals surface area (Å²) in [5.74, 6) is -0.282. The highest BCUT2D eigenvalue weighted by Gasteiger charge is 2.23. The first-order valence-electron chi connectivity index (χ1n) is 9.57. The summed E-state index contributed by atoms with van der Waals surface area (Å²) in [7, 11) is 0. The fraction of sp³-hybridized carbons (Fsp3) is 0.273. The number of nitrogens with zero attached hydrogens (tertiary/aromatic N) is 4. The number of aromatic nitrogens is 2. The zero-order valence-electron chi connectivity index (χ0n) is 16.4. The average molecular weight is 404 g/mol. The molecule has 3 aromatic rings. The summed E-state index contributed by atoms with van der Waals surface area (Å²) in [6.45, 7) is 4.04. The number of hydrogen-bond acceptors (Lipinski definition) is 5. The molecule has 146 valence electrons. The van der Waals surface area contributed by atoms with Crippen LogP contribution >= 0.6 is 11.3 Å². The van der Waals surface area contributed by atoms with Crippen LogP contribution in [0.25, 0.3) is 5.00 Å². The number of hydrogen-bond donors (Lipinski definition) is 1. The van der Waals surface area contributed by atoms with Gasteiger partial charge in [0.2, 0.25) is 0 Å². The lowest BCUT2D eigenvalue weighted by Crippen LogP contribution is -2.17. The van der Waals surface area contributed by atoms with Crippen molar-refractivity contribution in [2.45, 2.75) is 39.5 Å². The summed E-state index contributed by atoms with van der Waals surface area (Å²) in [4.78, 5) is 17.4. The van der Waals surface area contributed by atoms with Crippen molar-refractivity contribution in [3.05, 3.63) is 69.1 Å². The molecule has 0 bridgehead atoms. The first-order chi connectivity index (χ1) is 14.1. The maximum absolute atomic E-state index is 12.1. The Morgan fingerprint density at radius 2 is 2.07 bits per heavy atom.